The Hall–Kier alpha value is -2.73. The number of benzene rings is 2. The van der Waals surface area contributed by atoms with Crippen LogP contribution in [-0.2, 0) is 20.7 Å². The van der Waals surface area contributed by atoms with Gasteiger partial charge in [-0.2, -0.15) is 0 Å². The van der Waals surface area contributed by atoms with Crippen LogP contribution in [0, 0.1) is 0 Å². The van der Waals surface area contributed by atoms with E-state index in [0.29, 0.717) is 27.8 Å². The van der Waals surface area contributed by atoms with Gasteiger partial charge < -0.3 is 19.5 Å². The highest BCUT2D eigenvalue weighted by Gasteiger charge is 2.20. The minimum absolute atomic E-state index is 0.0595. The van der Waals surface area contributed by atoms with Gasteiger partial charge in [-0.1, -0.05) is 23.7 Å². The third kappa shape index (κ3) is 5.13. The fourth-order valence-electron chi connectivity index (χ4n) is 2.32. The largest absolute Gasteiger partial charge is 0.496 e. The maximum Gasteiger partial charge on any atom is 0.311 e. The van der Waals surface area contributed by atoms with Crippen molar-refractivity contribution in [2.45, 2.75) is 19.4 Å². The van der Waals surface area contributed by atoms with Crippen molar-refractivity contribution < 1.29 is 23.8 Å². The first-order valence-electron chi connectivity index (χ1n) is 7.90. The van der Waals surface area contributed by atoms with E-state index in [1.807, 2.05) is 0 Å². The number of methoxy groups -OCH3 is 2. The van der Waals surface area contributed by atoms with Gasteiger partial charge in [0.25, 0.3) is 5.91 Å². The second-order valence-corrected chi connectivity index (χ2v) is 5.89. The summed E-state index contributed by atoms with van der Waals surface area (Å²) in [7, 11) is 3.01. The van der Waals surface area contributed by atoms with E-state index in [4.69, 9.17) is 25.8 Å². The molecule has 0 saturated heterocycles. The van der Waals surface area contributed by atoms with Crippen LogP contribution in [-0.4, -0.2) is 32.2 Å². The number of ether oxygens (including phenoxy) is 3. The Bertz CT molecular complexity index is 793. The predicted octanol–water partition coefficient (Wildman–Crippen LogP) is 3.47. The Morgan fingerprint density at radius 2 is 1.77 bits per heavy atom. The number of para-hydroxylation sites is 2. The SMILES string of the molecule is COc1ccc(Cl)cc1CC(=O)O[C@@H](C)C(=O)Nc1ccccc1OC. The molecule has 2 aromatic rings. The van der Waals surface area contributed by atoms with Crippen molar-refractivity contribution in [3.8, 4) is 11.5 Å². The molecule has 0 heterocycles. The van der Waals surface area contributed by atoms with Gasteiger partial charge in [-0.05, 0) is 37.3 Å². The molecule has 0 fully saturated rings. The molecule has 0 radical (unpaired) electrons. The highest BCUT2D eigenvalue weighted by Crippen LogP contribution is 2.24. The molecule has 7 heteroatoms. The summed E-state index contributed by atoms with van der Waals surface area (Å²) in [5, 5.41) is 3.16. The molecular formula is C19H20ClNO5. The predicted molar refractivity (Wildman–Crippen MR) is 98.9 cm³/mol. The normalized spacial score (nSPS) is 11.4. The molecule has 2 aromatic carbocycles. The van der Waals surface area contributed by atoms with Gasteiger partial charge in [-0.3, -0.25) is 9.59 Å². The van der Waals surface area contributed by atoms with Crippen molar-refractivity contribution in [3.05, 3.63) is 53.1 Å². The first-order chi connectivity index (χ1) is 12.4. The van der Waals surface area contributed by atoms with Gasteiger partial charge in [0, 0.05) is 10.6 Å². The monoisotopic (exact) mass is 377 g/mol. The topological polar surface area (TPSA) is 73.9 Å². The summed E-state index contributed by atoms with van der Waals surface area (Å²) in [4.78, 5) is 24.4. The Labute approximate surface area is 157 Å². The fraction of sp³-hybridized carbons (Fsp3) is 0.263. The molecule has 1 amide bonds. The molecular weight excluding hydrogens is 358 g/mol. The Morgan fingerprint density at radius 1 is 1.08 bits per heavy atom. The van der Waals surface area contributed by atoms with Crippen molar-refractivity contribution in [1.82, 2.24) is 0 Å². The molecule has 26 heavy (non-hydrogen) atoms. The molecule has 2 rings (SSSR count). The van der Waals surface area contributed by atoms with Crippen molar-refractivity contribution in [1.29, 1.82) is 0 Å². The van der Waals surface area contributed by atoms with E-state index < -0.39 is 18.0 Å². The average Bonchev–Trinajstić information content (AvgIpc) is 2.62. The number of rotatable bonds is 7. The number of hydrogen-bond donors (Lipinski definition) is 1. The molecule has 0 unspecified atom stereocenters. The highest BCUT2D eigenvalue weighted by atomic mass is 35.5. The number of esters is 1. The number of carbonyl (C=O) groups is 2. The summed E-state index contributed by atoms with van der Waals surface area (Å²) in [6.45, 7) is 1.50. The van der Waals surface area contributed by atoms with E-state index in [2.05, 4.69) is 5.32 Å². The second-order valence-electron chi connectivity index (χ2n) is 5.45. The summed E-state index contributed by atoms with van der Waals surface area (Å²) in [5.74, 6) is 0.0228. The van der Waals surface area contributed by atoms with Gasteiger partial charge in [-0.15, -0.1) is 0 Å². The lowest BCUT2D eigenvalue weighted by Gasteiger charge is -2.15. The minimum atomic E-state index is -0.974. The average molecular weight is 378 g/mol. The van der Waals surface area contributed by atoms with E-state index in [-0.39, 0.29) is 6.42 Å². The molecule has 0 spiro atoms. The van der Waals surface area contributed by atoms with E-state index in [0.717, 1.165) is 0 Å². The highest BCUT2D eigenvalue weighted by molar-refractivity contribution is 6.30. The van der Waals surface area contributed by atoms with E-state index in [9.17, 15) is 9.59 Å². The van der Waals surface area contributed by atoms with Gasteiger partial charge in [0.1, 0.15) is 11.5 Å². The fourth-order valence-corrected chi connectivity index (χ4v) is 2.51. The van der Waals surface area contributed by atoms with Crippen LogP contribution in [0.2, 0.25) is 5.02 Å². The second kappa shape index (κ2) is 9.10. The third-order valence-corrected chi connectivity index (χ3v) is 3.85. The van der Waals surface area contributed by atoms with Crippen LogP contribution in [0.25, 0.3) is 0 Å². The van der Waals surface area contributed by atoms with Crippen LogP contribution in [0.4, 0.5) is 5.69 Å². The van der Waals surface area contributed by atoms with E-state index >= 15 is 0 Å². The van der Waals surface area contributed by atoms with Crippen molar-refractivity contribution in [3.63, 3.8) is 0 Å². The lowest BCUT2D eigenvalue weighted by molar-refractivity contribution is -0.152. The van der Waals surface area contributed by atoms with Crippen LogP contribution in [0.3, 0.4) is 0 Å². The molecule has 138 valence electrons. The number of amides is 1. The van der Waals surface area contributed by atoms with Crippen molar-refractivity contribution in [2.75, 3.05) is 19.5 Å². The van der Waals surface area contributed by atoms with Crippen LogP contribution in [0.1, 0.15) is 12.5 Å². The zero-order valence-corrected chi connectivity index (χ0v) is 15.5. The molecule has 0 aliphatic carbocycles. The number of nitrogens with one attached hydrogen (secondary N) is 1. The smallest absolute Gasteiger partial charge is 0.311 e. The third-order valence-electron chi connectivity index (χ3n) is 3.62. The van der Waals surface area contributed by atoms with Crippen LogP contribution >= 0.6 is 11.6 Å². The summed E-state index contributed by atoms with van der Waals surface area (Å²) in [5.41, 5.74) is 1.08. The number of halogens is 1. The molecule has 1 atom stereocenters. The molecule has 6 nitrogen and oxygen atoms in total. The number of hydrogen-bond acceptors (Lipinski definition) is 5. The zero-order chi connectivity index (χ0) is 19.1. The quantitative estimate of drug-likeness (QED) is 0.748. The maximum absolute atomic E-state index is 12.3. The summed E-state index contributed by atoms with van der Waals surface area (Å²) < 4.78 is 15.6. The Balaban J connectivity index is 1.98. The lowest BCUT2D eigenvalue weighted by atomic mass is 10.1. The summed E-state index contributed by atoms with van der Waals surface area (Å²) >= 11 is 5.95. The molecule has 0 aliphatic heterocycles. The van der Waals surface area contributed by atoms with Gasteiger partial charge in [-0.25, -0.2) is 0 Å². The maximum atomic E-state index is 12.3. The molecule has 0 aliphatic rings. The molecule has 0 aromatic heterocycles. The van der Waals surface area contributed by atoms with E-state index in [1.165, 1.54) is 21.1 Å². The number of carbonyl (C=O) groups excluding carboxylic acids is 2. The molecule has 0 bridgehead atoms. The van der Waals surface area contributed by atoms with Gasteiger partial charge in [0.2, 0.25) is 0 Å². The standard InChI is InChI=1S/C19H20ClNO5/c1-12(19(23)21-15-6-4-5-7-17(15)25-3)26-18(22)11-13-10-14(20)8-9-16(13)24-2/h4-10,12H,11H2,1-3H3,(H,21,23)/t12-/m0/s1. The molecule has 0 saturated carbocycles. The van der Waals surface area contributed by atoms with Gasteiger partial charge in [0.15, 0.2) is 6.10 Å². The molecule has 1 N–H and O–H groups in total. The zero-order valence-electron chi connectivity index (χ0n) is 14.7. The van der Waals surface area contributed by atoms with Crippen LogP contribution < -0.4 is 14.8 Å². The Kier molecular flexibility index (Phi) is 6.86. The first-order valence-corrected chi connectivity index (χ1v) is 8.28. The van der Waals surface area contributed by atoms with Crippen molar-refractivity contribution in [2.24, 2.45) is 0 Å². The lowest BCUT2D eigenvalue weighted by Crippen LogP contribution is -2.30. The van der Waals surface area contributed by atoms with Crippen LogP contribution in [0.5, 0.6) is 11.5 Å². The first kappa shape index (κ1) is 19.6. The Morgan fingerprint density at radius 3 is 2.46 bits per heavy atom. The van der Waals surface area contributed by atoms with Crippen molar-refractivity contribution >= 4 is 29.2 Å². The van der Waals surface area contributed by atoms with Gasteiger partial charge in [0.05, 0.1) is 26.3 Å². The van der Waals surface area contributed by atoms with E-state index in [1.54, 1.807) is 42.5 Å². The van der Waals surface area contributed by atoms with Gasteiger partial charge >= 0.3 is 5.97 Å². The minimum Gasteiger partial charge on any atom is -0.496 e. The number of anilines is 1. The summed E-state index contributed by atoms with van der Waals surface area (Å²) in [6.07, 6.45) is -1.03. The van der Waals surface area contributed by atoms with Crippen LogP contribution in [0.15, 0.2) is 42.5 Å². The summed E-state index contributed by atoms with van der Waals surface area (Å²) in [6, 6.07) is 11.9.